The zero-order valence-electron chi connectivity index (χ0n) is 9.05. The molecule has 1 aliphatic heterocycles. The average molecular weight is 202 g/mol. The first kappa shape index (κ1) is 11.3. The van der Waals surface area contributed by atoms with Gasteiger partial charge in [-0.2, -0.15) is 11.8 Å². The van der Waals surface area contributed by atoms with Crippen molar-refractivity contribution >= 4 is 11.8 Å². The van der Waals surface area contributed by atoms with Crippen LogP contribution < -0.4 is 5.32 Å². The van der Waals surface area contributed by atoms with E-state index in [2.05, 4.69) is 35.9 Å². The molecule has 0 aromatic rings. The van der Waals surface area contributed by atoms with Crippen LogP contribution in [0, 0.1) is 0 Å². The van der Waals surface area contributed by atoms with Crippen molar-refractivity contribution in [1.29, 1.82) is 0 Å². The lowest BCUT2D eigenvalue weighted by atomic mass is 10.1. The maximum atomic E-state index is 3.20. The van der Waals surface area contributed by atoms with Crippen LogP contribution in [0.2, 0.25) is 0 Å². The smallest absolute Gasteiger partial charge is 0.0209 e. The monoisotopic (exact) mass is 202 g/mol. The van der Waals surface area contributed by atoms with Crippen molar-refractivity contribution in [2.75, 3.05) is 32.9 Å². The first-order valence-electron chi connectivity index (χ1n) is 5.22. The molecule has 2 unspecified atom stereocenters. The number of hydrogen-bond donors (Lipinski definition) is 1. The Bertz CT molecular complexity index is 141. The Kier molecular flexibility index (Phi) is 5.14. The van der Waals surface area contributed by atoms with Gasteiger partial charge >= 0.3 is 0 Å². The third-order valence-corrected chi connectivity index (χ3v) is 4.21. The molecular formula is C10H22N2S. The summed E-state index contributed by atoms with van der Waals surface area (Å²) >= 11 is 2.13. The van der Waals surface area contributed by atoms with Crippen LogP contribution in [0.5, 0.6) is 0 Å². The lowest BCUT2D eigenvalue weighted by Crippen LogP contribution is -2.43. The molecule has 1 heterocycles. The summed E-state index contributed by atoms with van der Waals surface area (Å²) in [5.74, 6) is 1.36. The Labute approximate surface area is 86.5 Å². The lowest BCUT2D eigenvalue weighted by molar-refractivity contribution is 0.226. The van der Waals surface area contributed by atoms with Crippen LogP contribution in [0.1, 0.15) is 19.8 Å². The minimum absolute atomic E-state index is 0.798. The van der Waals surface area contributed by atoms with Crippen molar-refractivity contribution in [2.24, 2.45) is 0 Å². The normalized spacial score (nSPS) is 29.5. The SMILES string of the molecule is CNCCN(C)C1CCCSC1C. The molecule has 0 radical (unpaired) electrons. The molecule has 1 saturated heterocycles. The second-order valence-electron chi connectivity index (χ2n) is 3.87. The van der Waals surface area contributed by atoms with Crippen LogP contribution in [0.3, 0.4) is 0 Å². The number of hydrogen-bond acceptors (Lipinski definition) is 3. The van der Waals surface area contributed by atoms with Crippen LogP contribution in [0.25, 0.3) is 0 Å². The van der Waals surface area contributed by atoms with Gasteiger partial charge in [-0.15, -0.1) is 0 Å². The Balaban J connectivity index is 2.30. The topological polar surface area (TPSA) is 15.3 Å². The van der Waals surface area contributed by atoms with Gasteiger partial charge < -0.3 is 10.2 Å². The van der Waals surface area contributed by atoms with Gasteiger partial charge in [-0.1, -0.05) is 6.92 Å². The quantitative estimate of drug-likeness (QED) is 0.742. The lowest BCUT2D eigenvalue weighted by Gasteiger charge is -2.35. The molecule has 1 fully saturated rings. The number of nitrogens with zero attached hydrogens (tertiary/aromatic N) is 1. The molecule has 0 amide bonds. The van der Waals surface area contributed by atoms with Gasteiger partial charge in [0.25, 0.3) is 0 Å². The molecule has 3 heteroatoms. The molecule has 0 bridgehead atoms. The highest BCUT2D eigenvalue weighted by atomic mass is 32.2. The summed E-state index contributed by atoms with van der Waals surface area (Å²) in [6, 6.07) is 0.798. The van der Waals surface area contributed by atoms with E-state index in [4.69, 9.17) is 0 Å². The Morgan fingerprint density at radius 1 is 1.54 bits per heavy atom. The molecule has 2 nitrogen and oxygen atoms in total. The second kappa shape index (κ2) is 5.89. The third kappa shape index (κ3) is 3.49. The van der Waals surface area contributed by atoms with Crippen molar-refractivity contribution in [3.63, 3.8) is 0 Å². The molecule has 0 spiro atoms. The molecule has 1 rings (SSSR count). The fraction of sp³-hybridized carbons (Fsp3) is 1.00. The zero-order valence-corrected chi connectivity index (χ0v) is 9.86. The van der Waals surface area contributed by atoms with E-state index in [1.54, 1.807) is 0 Å². The fourth-order valence-electron chi connectivity index (χ4n) is 1.94. The van der Waals surface area contributed by atoms with Crippen molar-refractivity contribution in [2.45, 2.75) is 31.1 Å². The zero-order chi connectivity index (χ0) is 9.68. The highest BCUT2D eigenvalue weighted by molar-refractivity contribution is 7.99. The van der Waals surface area contributed by atoms with Crippen LogP contribution in [-0.2, 0) is 0 Å². The van der Waals surface area contributed by atoms with Gasteiger partial charge in [-0.25, -0.2) is 0 Å². The van der Waals surface area contributed by atoms with Gasteiger partial charge in [0.15, 0.2) is 0 Å². The van der Waals surface area contributed by atoms with E-state index >= 15 is 0 Å². The maximum absolute atomic E-state index is 3.20. The molecule has 1 aliphatic rings. The van der Waals surface area contributed by atoms with Crippen molar-refractivity contribution in [3.05, 3.63) is 0 Å². The summed E-state index contributed by atoms with van der Waals surface area (Å²) in [7, 11) is 4.28. The molecular weight excluding hydrogens is 180 g/mol. The highest BCUT2D eigenvalue weighted by Gasteiger charge is 2.24. The minimum Gasteiger partial charge on any atom is -0.318 e. The molecule has 0 aliphatic carbocycles. The van der Waals surface area contributed by atoms with Crippen molar-refractivity contribution < 1.29 is 0 Å². The van der Waals surface area contributed by atoms with Crippen LogP contribution in [0.4, 0.5) is 0 Å². The number of rotatable bonds is 4. The van der Waals surface area contributed by atoms with Crippen molar-refractivity contribution in [3.8, 4) is 0 Å². The van der Waals surface area contributed by atoms with E-state index in [0.29, 0.717) is 0 Å². The Morgan fingerprint density at radius 3 is 2.92 bits per heavy atom. The first-order chi connectivity index (χ1) is 6.25. The van der Waals surface area contributed by atoms with Crippen LogP contribution >= 0.6 is 11.8 Å². The van der Waals surface area contributed by atoms with Crippen LogP contribution in [-0.4, -0.2) is 49.1 Å². The van der Waals surface area contributed by atoms with Gasteiger partial charge in [-0.3, -0.25) is 0 Å². The predicted molar refractivity (Wildman–Crippen MR) is 61.5 cm³/mol. The summed E-state index contributed by atoms with van der Waals surface area (Å²) in [4.78, 5) is 2.51. The third-order valence-electron chi connectivity index (χ3n) is 2.85. The molecule has 13 heavy (non-hydrogen) atoms. The maximum Gasteiger partial charge on any atom is 0.0209 e. The van der Waals surface area contributed by atoms with Gasteiger partial charge in [0.1, 0.15) is 0 Å². The van der Waals surface area contributed by atoms with E-state index in [0.717, 1.165) is 17.8 Å². The van der Waals surface area contributed by atoms with Gasteiger partial charge in [-0.05, 0) is 32.7 Å². The minimum atomic E-state index is 0.798. The van der Waals surface area contributed by atoms with Crippen LogP contribution in [0.15, 0.2) is 0 Å². The summed E-state index contributed by atoms with van der Waals surface area (Å²) in [6.45, 7) is 4.64. The van der Waals surface area contributed by atoms with Crippen molar-refractivity contribution in [1.82, 2.24) is 10.2 Å². The predicted octanol–water partition coefficient (Wildman–Crippen LogP) is 1.42. The molecule has 78 valence electrons. The summed E-state index contributed by atoms with van der Waals surface area (Å²) < 4.78 is 0. The van der Waals surface area contributed by atoms with Gasteiger partial charge in [0, 0.05) is 24.4 Å². The molecule has 0 aromatic heterocycles. The summed E-state index contributed by atoms with van der Waals surface area (Å²) in [6.07, 6.45) is 2.78. The number of likely N-dealkylation sites (N-methyl/N-ethyl adjacent to an activating group) is 2. The van der Waals surface area contributed by atoms with E-state index in [-0.39, 0.29) is 0 Å². The first-order valence-corrected chi connectivity index (χ1v) is 6.27. The summed E-state index contributed by atoms with van der Waals surface area (Å²) in [5.41, 5.74) is 0. The highest BCUT2D eigenvalue weighted by Crippen LogP contribution is 2.27. The molecule has 0 aromatic carbocycles. The second-order valence-corrected chi connectivity index (χ2v) is 5.35. The van der Waals surface area contributed by atoms with E-state index < -0.39 is 0 Å². The standard InChI is InChI=1S/C10H22N2S/c1-9-10(5-4-8-13-9)12(3)7-6-11-2/h9-11H,4-8H2,1-3H3. The summed E-state index contributed by atoms with van der Waals surface area (Å²) in [5, 5.41) is 4.02. The van der Waals surface area contributed by atoms with E-state index in [9.17, 15) is 0 Å². The Hall–Kier alpha value is 0.270. The van der Waals surface area contributed by atoms with E-state index in [1.807, 2.05) is 7.05 Å². The largest absolute Gasteiger partial charge is 0.318 e. The number of nitrogens with one attached hydrogen (secondary N) is 1. The number of thioether (sulfide) groups is 1. The molecule has 1 N–H and O–H groups in total. The Morgan fingerprint density at radius 2 is 2.31 bits per heavy atom. The average Bonchev–Trinajstić information content (AvgIpc) is 2.15. The van der Waals surface area contributed by atoms with E-state index in [1.165, 1.54) is 25.1 Å². The van der Waals surface area contributed by atoms with Gasteiger partial charge in [0.2, 0.25) is 0 Å². The van der Waals surface area contributed by atoms with Gasteiger partial charge in [0.05, 0.1) is 0 Å². The molecule has 0 saturated carbocycles. The molecule has 2 atom stereocenters. The fourth-order valence-corrected chi connectivity index (χ4v) is 3.21.